The largest absolute Gasteiger partial charge is 0.357 e. The van der Waals surface area contributed by atoms with Crippen molar-refractivity contribution in [1.82, 2.24) is 14.8 Å². The second kappa shape index (κ2) is 7.17. The number of likely N-dealkylation sites (tertiary alicyclic amines) is 1. The summed E-state index contributed by atoms with van der Waals surface area (Å²) in [4.78, 5) is 26.1. The number of rotatable bonds is 4. The second-order valence-electron chi connectivity index (χ2n) is 7.03. The van der Waals surface area contributed by atoms with Gasteiger partial charge in [0.1, 0.15) is 6.04 Å². The number of fused-ring (bicyclic) bond motifs is 1. The van der Waals surface area contributed by atoms with Crippen molar-refractivity contribution in [2.75, 3.05) is 18.9 Å². The van der Waals surface area contributed by atoms with Crippen LogP contribution in [0, 0.1) is 5.92 Å². The van der Waals surface area contributed by atoms with Crippen LogP contribution in [0.5, 0.6) is 0 Å². The molecule has 0 aliphatic carbocycles. The van der Waals surface area contributed by atoms with E-state index in [-0.39, 0.29) is 18.0 Å². The lowest BCUT2D eigenvalue weighted by molar-refractivity contribution is -0.124. The lowest BCUT2D eigenvalue weighted by Crippen LogP contribution is -2.46. The summed E-state index contributed by atoms with van der Waals surface area (Å²) in [6, 6.07) is 7.41. The molecular formula is C19H26N4O2. The molecule has 0 spiro atoms. The molecule has 3 rings (SSSR count). The van der Waals surface area contributed by atoms with Crippen LogP contribution >= 0.6 is 0 Å². The number of nitrogens with one attached hydrogen (secondary N) is 2. The predicted molar refractivity (Wildman–Crippen MR) is 99.6 cm³/mol. The molecule has 25 heavy (non-hydrogen) atoms. The summed E-state index contributed by atoms with van der Waals surface area (Å²) in [5.74, 6) is 0.473. The number of carbonyl (C=O) groups excluding carboxylic acids is 2. The Morgan fingerprint density at radius 3 is 2.80 bits per heavy atom. The number of aromatic nitrogens is 1. The number of anilines is 1. The van der Waals surface area contributed by atoms with E-state index in [0.29, 0.717) is 18.9 Å². The second-order valence-corrected chi connectivity index (χ2v) is 7.03. The van der Waals surface area contributed by atoms with E-state index >= 15 is 0 Å². The lowest BCUT2D eigenvalue weighted by Gasteiger charge is -2.23. The monoisotopic (exact) mass is 342 g/mol. The Morgan fingerprint density at radius 1 is 1.28 bits per heavy atom. The van der Waals surface area contributed by atoms with Gasteiger partial charge in [0.05, 0.1) is 0 Å². The van der Waals surface area contributed by atoms with Crippen molar-refractivity contribution in [3.8, 4) is 0 Å². The summed E-state index contributed by atoms with van der Waals surface area (Å²) >= 11 is 0. The molecule has 1 aliphatic rings. The van der Waals surface area contributed by atoms with Crippen LogP contribution in [0.3, 0.4) is 0 Å². The molecule has 2 aromatic rings. The number of hydrogen-bond acceptors (Lipinski definition) is 2. The van der Waals surface area contributed by atoms with Gasteiger partial charge in [0.15, 0.2) is 0 Å². The first-order valence-corrected chi connectivity index (χ1v) is 8.87. The highest BCUT2D eigenvalue weighted by Crippen LogP contribution is 2.23. The summed E-state index contributed by atoms with van der Waals surface area (Å²) in [7, 11) is 1.60. The molecule has 0 bridgehead atoms. The Hall–Kier alpha value is -2.50. The minimum atomic E-state index is -0.374. The number of amides is 3. The minimum absolute atomic E-state index is 0.103. The van der Waals surface area contributed by atoms with E-state index in [0.717, 1.165) is 29.6 Å². The third kappa shape index (κ3) is 3.62. The first kappa shape index (κ1) is 17.3. The molecule has 0 saturated carbocycles. The quantitative estimate of drug-likeness (QED) is 0.897. The van der Waals surface area contributed by atoms with Crippen LogP contribution in [0.1, 0.15) is 26.7 Å². The van der Waals surface area contributed by atoms with E-state index < -0.39 is 0 Å². The van der Waals surface area contributed by atoms with E-state index in [1.807, 2.05) is 18.2 Å². The van der Waals surface area contributed by atoms with Crippen molar-refractivity contribution in [2.45, 2.75) is 39.3 Å². The van der Waals surface area contributed by atoms with Gasteiger partial charge in [-0.2, -0.15) is 0 Å². The highest BCUT2D eigenvalue weighted by Gasteiger charge is 2.33. The summed E-state index contributed by atoms with van der Waals surface area (Å²) in [6.45, 7) is 5.96. The first-order valence-electron chi connectivity index (χ1n) is 8.87. The Balaban J connectivity index is 1.74. The van der Waals surface area contributed by atoms with Crippen LogP contribution in [0.25, 0.3) is 10.9 Å². The molecule has 1 atom stereocenters. The van der Waals surface area contributed by atoms with Crippen molar-refractivity contribution >= 4 is 28.5 Å². The van der Waals surface area contributed by atoms with Crippen molar-refractivity contribution in [3.63, 3.8) is 0 Å². The molecule has 0 radical (unpaired) electrons. The average molecular weight is 342 g/mol. The number of benzene rings is 1. The zero-order chi connectivity index (χ0) is 18.0. The van der Waals surface area contributed by atoms with Crippen LogP contribution in [0.4, 0.5) is 10.5 Å². The summed E-state index contributed by atoms with van der Waals surface area (Å²) in [6.07, 6.45) is 3.64. The van der Waals surface area contributed by atoms with Crippen LogP contribution in [-0.4, -0.2) is 41.0 Å². The van der Waals surface area contributed by atoms with Gasteiger partial charge in [-0.1, -0.05) is 13.8 Å². The van der Waals surface area contributed by atoms with Gasteiger partial charge in [-0.25, -0.2) is 4.79 Å². The van der Waals surface area contributed by atoms with E-state index in [1.54, 1.807) is 11.9 Å². The van der Waals surface area contributed by atoms with E-state index in [1.165, 1.54) is 0 Å². The van der Waals surface area contributed by atoms with E-state index in [9.17, 15) is 9.59 Å². The zero-order valence-corrected chi connectivity index (χ0v) is 15.1. The van der Waals surface area contributed by atoms with Crippen molar-refractivity contribution in [2.24, 2.45) is 5.92 Å². The van der Waals surface area contributed by atoms with E-state index in [4.69, 9.17) is 0 Å². The Kier molecular flexibility index (Phi) is 4.97. The molecule has 2 heterocycles. The zero-order valence-electron chi connectivity index (χ0n) is 15.1. The molecule has 2 N–H and O–H groups in total. The number of urea groups is 1. The lowest BCUT2D eigenvalue weighted by atomic mass is 10.2. The highest BCUT2D eigenvalue weighted by atomic mass is 16.2. The standard InChI is InChI=1S/C19H26N4O2/c1-13(2)12-22-10-8-14-11-15(6-7-16(14)22)21-19(25)23-9-4-5-17(23)18(24)20-3/h6-8,10-11,13,17H,4-5,9,12H2,1-3H3,(H,20,24)(H,21,25)/t17-/m0/s1. The fraction of sp³-hybridized carbons (Fsp3) is 0.474. The van der Waals surface area contributed by atoms with Crippen LogP contribution in [-0.2, 0) is 11.3 Å². The van der Waals surface area contributed by atoms with Crippen molar-refractivity contribution in [1.29, 1.82) is 0 Å². The van der Waals surface area contributed by atoms with Crippen LogP contribution in [0.2, 0.25) is 0 Å². The fourth-order valence-electron chi connectivity index (χ4n) is 3.47. The van der Waals surface area contributed by atoms with Gasteiger partial charge < -0.3 is 20.1 Å². The third-order valence-corrected chi connectivity index (χ3v) is 4.65. The fourth-order valence-corrected chi connectivity index (χ4v) is 3.47. The predicted octanol–water partition coefficient (Wildman–Crippen LogP) is 3.04. The summed E-state index contributed by atoms with van der Waals surface area (Å²) < 4.78 is 2.23. The SMILES string of the molecule is CNC(=O)[C@@H]1CCCN1C(=O)Nc1ccc2c(ccn2CC(C)C)c1. The molecule has 1 fully saturated rings. The molecule has 1 aliphatic heterocycles. The molecule has 6 nitrogen and oxygen atoms in total. The molecule has 134 valence electrons. The topological polar surface area (TPSA) is 66.4 Å². The van der Waals surface area contributed by atoms with Crippen molar-refractivity contribution in [3.05, 3.63) is 30.5 Å². The summed E-state index contributed by atoms with van der Waals surface area (Å²) in [5.41, 5.74) is 1.92. The molecule has 1 saturated heterocycles. The number of hydrogen-bond donors (Lipinski definition) is 2. The maximum Gasteiger partial charge on any atom is 0.322 e. The van der Waals surface area contributed by atoms with E-state index in [2.05, 4.69) is 41.3 Å². The Bertz CT molecular complexity index is 781. The number of likely N-dealkylation sites (N-methyl/N-ethyl adjacent to an activating group) is 1. The molecule has 1 aromatic carbocycles. The van der Waals surface area contributed by atoms with Crippen LogP contribution in [0.15, 0.2) is 30.5 Å². The first-order chi connectivity index (χ1) is 12.0. The molecule has 6 heteroatoms. The normalized spacial score (nSPS) is 17.3. The Labute approximate surface area is 148 Å². The molecule has 0 unspecified atom stereocenters. The highest BCUT2D eigenvalue weighted by molar-refractivity contribution is 5.96. The molecule has 3 amide bonds. The van der Waals surface area contributed by atoms with Gasteiger partial charge in [-0.05, 0) is 43.0 Å². The van der Waals surface area contributed by atoms with Gasteiger partial charge in [-0.15, -0.1) is 0 Å². The van der Waals surface area contributed by atoms with Crippen molar-refractivity contribution < 1.29 is 9.59 Å². The van der Waals surface area contributed by atoms with Gasteiger partial charge >= 0.3 is 6.03 Å². The average Bonchev–Trinajstić information content (AvgIpc) is 3.21. The maximum atomic E-state index is 12.6. The maximum absolute atomic E-state index is 12.6. The van der Waals surface area contributed by atoms with Crippen LogP contribution < -0.4 is 10.6 Å². The molecular weight excluding hydrogens is 316 g/mol. The Morgan fingerprint density at radius 2 is 2.08 bits per heavy atom. The number of carbonyl (C=O) groups is 2. The summed E-state index contributed by atoms with van der Waals surface area (Å²) in [5, 5.41) is 6.67. The smallest absolute Gasteiger partial charge is 0.322 e. The third-order valence-electron chi connectivity index (χ3n) is 4.65. The molecule has 1 aromatic heterocycles. The number of nitrogens with zero attached hydrogens (tertiary/aromatic N) is 2. The van der Waals surface area contributed by atoms with Gasteiger partial charge in [-0.3, -0.25) is 4.79 Å². The van der Waals surface area contributed by atoms with Gasteiger partial charge in [0, 0.05) is 42.9 Å². The van der Waals surface area contributed by atoms with Gasteiger partial charge in [0.25, 0.3) is 0 Å². The minimum Gasteiger partial charge on any atom is -0.357 e. The van der Waals surface area contributed by atoms with Gasteiger partial charge in [0.2, 0.25) is 5.91 Å².